The minimum atomic E-state index is -1.76. The molecule has 10 atom stereocenters. The SMILES string of the molecule is C[C@@H](O)[C@@H]1NC(=O)[C@H](CCc2ccc(O)c(NC(=O)CNC(=O)OCc3ccccc3)c2)NC(=O)[C@@H]2C[C@@H](O)CN2C(=O)[C@H]([C@@H](C)O)NC(=O)[C@@H](NC(=O)OC(C)(C)C)CCCNC(=O)[C@@H]2C[C@H](N=[N+]=[N-])CN2C1=O. The first-order valence-corrected chi connectivity index (χ1v) is 24.4. The minimum Gasteiger partial charge on any atom is -0.506 e. The van der Waals surface area contributed by atoms with Gasteiger partial charge in [-0.15, -0.1) is 0 Å². The number of aromatic hydroxyl groups is 1. The monoisotopic (exact) mass is 1050 g/mol. The highest BCUT2D eigenvalue weighted by molar-refractivity contribution is 5.98. The summed E-state index contributed by atoms with van der Waals surface area (Å²) in [5, 5.41) is 64.5. The van der Waals surface area contributed by atoms with Gasteiger partial charge in [-0.25, -0.2) is 9.59 Å². The summed E-state index contributed by atoms with van der Waals surface area (Å²) in [6, 6.07) is 2.61. The number of carbonyl (C=O) groups excluding carboxylic acids is 9. The second-order valence-corrected chi connectivity index (χ2v) is 19.5. The van der Waals surface area contributed by atoms with E-state index in [-0.39, 0.29) is 69.7 Å². The van der Waals surface area contributed by atoms with Gasteiger partial charge in [0.2, 0.25) is 41.4 Å². The van der Waals surface area contributed by atoms with Gasteiger partial charge in [0.25, 0.3) is 0 Å². The summed E-state index contributed by atoms with van der Waals surface area (Å²) in [5.41, 5.74) is 9.26. The van der Waals surface area contributed by atoms with Crippen LogP contribution in [0.1, 0.15) is 77.8 Å². The van der Waals surface area contributed by atoms with Crippen molar-refractivity contribution in [2.45, 2.75) is 146 Å². The molecule has 3 saturated heterocycles. The molecule has 0 aromatic heterocycles. The quantitative estimate of drug-likeness (QED) is 0.0550. The Morgan fingerprint density at radius 3 is 2.12 bits per heavy atom. The Bertz CT molecular complexity index is 2470. The van der Waals surface area contributed by atoms with E-state index in [0.717, 1.165) is 9.80 Å². The third-order valence-electron chi connectivity index (χ3n) is 12.3. The van der Waals surface area contributed by atoms with Crippen molar-refractivity contribution < 1.29 is 73.1 Å². The first-order valence-electron chi connectivity index (χ1n) is 24.4. The number of anilines is 1. The van der Waals surface area contributed by atoms with Crippen LogP contribution in [0.15, 0.2) is 53.6 Å². The Hall–Kier alpha value is -7.74. The van der Waals surface area contributed by atoms with E-state index in [2.05, 4.69) is 47.2 Å². The fourth-order valence-corrected chi connectivity index (χ4v) is 8.57. The Labute approximate surface area is 431 Å². The maximum atomic E-state index is 14.4. The number of nitrogens with zero attached hydrogens (tertiary/aromatic N) is 5. The summed E-state index contributed by atoms with van der Waals surface area (Å²) in [5.74, 6) is -6.80. The van der Waals surface area contributed by atoms with Gasteiger partial charge in [-0.05, 0) is 95.5 Å². The molecule has 75 heavy (non-hydrogen) atoms. The second kappa shape index (κ2) is 26.5. The molecule has 5 rings (SSSR count). The molecule has 27 heteroatoms. The molecule has 2 aromatic carbocycles. The van der Waals surface area contributed by atoms with Gasteiger partial charge in [0, 0.05) is 31.0 Å². The highest BCUT2D eigenvalue weighted by Gasteiger charge is 2.46. The normalized spacial score (nSPS) is 25.0. The summed E-state index contributed by atoms with van der Waals surface area (Å²) < 4.78 is 10.5. The number of amides is 9. The Morgan fingerprint density at radius 2 is 1.48 bits per heavy atom. The van der Waals surface area contributed by atoms with E-state index >= 15 is 0 Å². The molecule has 27 nitrogen and oxygen atoms in total. The number of carbonyl (C=O) groups is 9. The third kappa shape index (κ3) is 16.9. The van der Waals surface area contributed by atoms with Gasteiger partial charge in [0.15, 0.2) is 0 Å². The van der Waals surface area contributed by atoms with Crippen molar-refractivity contribution >= 4 is 59.2 Å². The number of fused-ring (bicyclic) bond motifs is 2. The number of phenols is 1. The molecule has 11 N–H and O–H groups in total. The fourth-order valence-electron chi connectivity index (χ4n) is 8.57. The van der Waals surface area contributed by atoms with Crippen LogP contribution in [0.25, 0.3) is 10.4 Å². The van der Waals surface area contributed by atoms with E-state index in [1.165, 1.54) is 32.0 Å². The van der Waals surface area contributed by atoms with Gasteiger partial charge in [-0.1, -0.05) is 41.5 Å². The van der Waals surface area contributed by atoms with Gasteiger partial charge >= 0.3 is 12.2 Å². The molecule has 0 radical (unpaired) electrons. The van der Waals surface area contributed by atoms with Gasteiger partial charge in [0.1, 0.15) is 60.8 Å². The number of hydrogen-bond donors (Lipinski definition) is 11. The molecule has 0 aliphatic carbocycles. The molecular weight excluding hydrogens is 985 g/mol. The zero-order valence-electron chi connectivity index (χ0n) is 42.2. The summed E-state index contributed by atoms with van der Waals surface area (Å²) >= 11 is 0. The van der Waals surface area contributed by atoms with Gasteiger partial charge in [0.05, 0.1) is 30.0 Å². The number of aliphatic hydroxyl groups is 3. The van der Waals surface area contributed by atoms with Crippen LogP contribution in [-0.2, 0) is 56.1 Å². The smallest absolute Gasteiger partial charge is 0.408 e. The van der Waals surface area contributed by atoms with E-state index in [1.54, 1.807) is 51.1 Å². The van der Waals surface area contributed by atoms with Crippen molar-refractivity contribution in [2.24, 2.45) is 5.11 Å². The lowest BCUT2D eigenvalue weighted by atomic mass is 10.0. The minimum absolute atomic E-state index is 0.00710. The number of aliphatic hydroxyl groups excluding tert-OH is 3. The number of aryl methyl sites for hydroxylation is 1. The van der Waals surface area contributed by atoms with Crippen molar-refractivity contribution in [1.29, 1.82) is 0 Å². The molecule has 0 unspecified atom stereocenters. The van der Waals surface area contributed by atoms with Crippen LogP contribution in [0.5, 0.6) is 5.75 Å². The number of alkyl carbamates (subject to hydrolysis) is 2. The molecule has 3 aliphatic heterocycles. The van der Waals surface area contributed by atoms with Crippen molar-refractivity contribution in [3.05, 3.63) is 70.1 Å². The van der Waals surface area contributed by atoms with Crippen molar-refractivity contribution in [1.82, 2.24) is 41.7 Å². The van der Waals surface area contributed by atoms with Crippen molar-refractivity contribution in [3.8, 4) is 5.75 Å². The van der Waals surface area contributed by atoms with Crippen LogP contribution >= 0.6 is 0 Å². The Balaban J connectivity index is 1.44. The Kier molecular flexibility index (Phi) is 20.5. The number of hydrogen-bond acceptors (Lipinski definition) is 16. The lowest BCUT2D eigenvalue weighted by molar-refractivity contribution is -0.145. The van der Waals surface area contributed by atoms with E-state index in [4.69, 9.17) is 9.47 Å². The largest absolute Gasteiger partial charge is 0.506 e. The zero-order chi connectivity index (χ0) is 55.1. The number of ether oxygens (including phenoxy) is 2. The van der Waals surface area contributed by atoms with Crippen LogP contribution in [0.3, 0.4) is 0 Å². The summed E-state index contributed by atoms with van der Waals surface area (Å²) in [4.78, 5) is 128. The molecule has 3 heterocycles. The van der Waals surface area contributed by atoms with E-state index in [0.29, 0.717) is 11.1 Å². The summed E-state index contributed by atoms with van der Waals surface area (Å²) in [6.07, 6.45) is -7.49. The van der Waals surface area contributed by atoms with Gasteiger partial charge < -0.3 is 76.9 Å². The van der Waals surface area contributed by atoms with Gasteiger partial charge in [-0.3, -0.25) is 33.6 Å². The van der Waals surface area contributed by atoms with Crippen molar-refractivity contribution in [3.63, 3.8) is 0 Å². The average molecular weight is 1050 g/mol. The fraction of sp³-hybridized carbons (Fsp3) is 0.562. The Morgan fingerprint density at radius 1 is 0.840 bits per heavy atom. The first kappa shape index (κ1) is 58.2. The first-order chi connectivity index (χ1) is 35.4. The topological polar surface area (TPSA) is 392 Å². The number of azide groups is 1. The maximum Gasteiger partial charge on any atom is 0.408 e. The van der Waals surface area contributed by atoms with Crippen LogP contribution in [0.4, 0.5) is 15.3 Å². The van der Waals surface area contributed by atoms with Crippen LogP contribution in [0.2, 0.25) is 0 Å². The molecule has 2 aromatic rings. The number of phenolic OH excluding ortho intramolecular Hbond substituents is 1. The van der Waals surface area contributed by atoms with E-state index < -0.39 is 133 Å². The third-order valence-corrected chi connectivity index (χ3v) is 12.3. The molecule has 3 fully saturated rings. The lowest BCUT2D eigenvalue weighted by Crippen LogP contribution is -2.61. The lowest BCUT2D eigenvalue weighted by Gasteiger charge is -2.32. The van der Waals surface area contributed by atoms with Crippen LogP contribution in [0, 0.1) is 0 Å². The molecule has 0 bridgehead atoms. The summed E-state index contributed by atoms with van der Waals surface area (Å²) in [6.45, 7) is 5.67. The molecule has 3 aliphatic rings. The number of benzene rings is 2. The van der Waals surface area contributed by atoms with Crippen LogP contribution in [-0.4, -0.2) is 176 Å². The van der Waals surface area contributed by atoms with Gasteiger partial charge in [-0.2, -0.15) is 0 Å². The van der Waals surface area contributed by atoms with Crippen LogP contribution < -0.4 is 37.2 Å². The highest BCUT2D eigenvalue weighted by Crippen LogP contribution is 2.27. The molecular formula is C48H66N12O15. The second-order valence-electron chi connectivity index (χ2n) is 19.5. The predicted octanol–water partition coefficient (Wildman–Crippen LogP) is -0.549. The molecule has 0 saturated carbocycles. The summed E-state index contributed by atoms with van der Waals surface area (Å²) in [7, 11) is 0. The standard InChI is InChI=1S/C48H66N12O15/c1-25(61)38-44(70)59-22-29(57-58-49)19-34(59)42(68)50-17-9-12-31(54-47(73)75-48(3,4)5)40(66)55-39(26(2)62)45(71)60-23-30(63)20-35(60)43(69)53-32(41(67)56-38)15-13-27-14-16-36(64)33(18-27)52-37(65)21-51-46(72)74-24-28-10-7-6-8-11-28/h6-8,10-11,14,16,18,25-26,29-32,34-35,38-39,61-64H,9,12-13,15,17,19-24H2,1-5H3,(H,50,68)(H,51,72)(H,52,65)(H,53,69)(H,54,73)(H,55,66)(H,56,67)/t25-,26-,29+,30-,31+,32+,34+,35+,38+,39+/m1/s1. The predicted molar refractivity (Wildman–Crippen MR) is 263 cm³/mol. The number of rotatable bonds is 12. The maximum absolute atomic E-state index is 14.4. The average Bonchev–Trinajstić information content (AvgIpc) is 3.96. The van der Waals surface area contributed by atoms with Crippen molar-refractivity contribution in [2.75, 3.05) is 31.5 Å². The van der Waals surface area contributed by atoms with E-state index in [9.17, 15) is 69.1 Å². The van der Waals surface area contributed by atoms with E-state index in [1.807, 2.05) is 0 Å². The number of nitrogens with one attached hydrogen (secondary N) is 7. The highest BCUT2D eigenvalue weighted by atomic mass is 16.6. The molecule has 0 spiro atoms. The molecule has 408 valence electrons. The molecule has 9 amide bonds. The zero-order valence-corrected chi connectivity index (χ0v) is 42.2.